The van der Waals surface area contributed by atoms with Crippen molar-refractivity contribution in [3.63, 3.8) is 0 Å². The Kier molecular flexibility index (Phi) is 12.2. The molecule has 3 aliphatic heterocycles. The molecule has 2 aromatic carbocycles. The van der Waals surface area contributed by atoms with Gasteiger partial charge in [-0.2, -0.15) is 0 Å². The fraction of sp³-hybridized carbons (Fsp3) is 0.432. The first kappa shape index (κ1) is 41.7. The number of anilines is 2. The van der Waals surface area contributed by atoms with Gasteiger partial charge in [0.2, 0.25) is 11.8 Å². The number of ether oxygens (including phenoxy) is 2. The number of nitrogens with one attached hydrogen (secondary N) is 2. The third-order valence-electron chi connectivity index (χ3n) is 11.7. The van der Waals surface area contributed by atoms with Gasteiger partial charge in [0, 0.05) is 57.7 Å². The zero-order chi connectivity index (χ0) is 42.8. The van der Waals surface area contributed by atoms with Gasteiger partial charge >= 0.3 is 5.97 Å². The van der Waals surface area contributed by atoms with E-state index in [1.165, 1.54) is 11.8 Å². The van der Waals surface area contributed by atoms with E-state index in [0.29, 0.717) is 36.7 Å². The minimum Gasteiger partial charge on any atom is -0.507 e. The highest BCUT2D eigenvalue weighted by atomic mass is 32.1. The van der Waals surface area contributed by atoms with Crippen LogP contribution in [0, 0.1) is 12.8 Å². The number of fused-ring (bicyclic) bond motifs is 3. The maximum Gasteiger partial charge on any atom is 0.302 e. The number of carbonyl (C=O) groups excluding carboxylic acids is 3. The van der Waals surface area contributed by atoms with Crippen molar-refractivity contribution in [3.05, 3.63) is 83.2 Å². The molecule has 0 aliphatic carbocycles. The largest absolute Gasteiger partial charge is 0.507 e. The molecule has 3 N–H and O–H groups in total. The highest BCUT2D eigenvalue weighted by Crippen LogP contribution is 2.37. The van der Waals surface area contributed by atoms with Crippen LogP contribution in [0.4, 0.5) is 11.5 Å². The SMILES string of the molecule is CC(=O)O[C@@H]1C[C@@H](C(=O)N[C@@H](C)c2ccc(-c3scnc3C)cc2)N(C(=O)[C@@H](c2cc(OCCN3CCN4c5cc(-c6ccccc6O)nnc5NC[C@@H]4C3)no2)C(C)C)C1. The zero-order valence-electron chi connectivity index (χ0n) is 34.9. The molecule has 3 aromatic heterocycles. The maximum absolute atomic E-state index is 14.4. The van der Waals surface area contributed by atoms with Crippen molar-refractivity contribution in [2.24, 2.45) is 5.92 Å². The lowest BCUT2D eigenvalue weighted by molar-refractivity contribution is -0.147. The van der Waals surface area contributed by atoms with Crippen molar-refractivity contribution < 1.29 is 33.5 Å². The van der Waals surface area contributed by atoms with Crippen molar-refractivity contribution in [1.82, 2.24) is 35.5 Å². The van der Waals surface area contributed by atoms with E-state index in [1.807, 2.05) is 75.7 Å². The van der Waals surface area contributed by atoms with Gasteiger partial charge in [-0.05, 0) is 54.2 Å². The molecule has 0 spiro atoms. The first-order valence-electron chi connectivity index (χ1n) is 20.7. The molecule has 0 saturated carbocycles. The molecule has 6 heterocycles. The van der Waals surface area contributed by atoms with Crippen LogP contribution in [0.1, 0.15) is 63.1 Å². The fourth-order valence-electron chi connectivity index (χ4n) is 8.56. The molecule has 61 heavy (non-hydrogen) atoms. The number of para-hydroxylation sites is 1. The van der Waals surface area contributed by atoms with E-state index in [1.54, 1.807) is 29.5 Å². The molecule has 320 valence electrons. The number of likely N-dealkylation sites (tertiary alicyclic amines) is 1. The number of phenolic OH excluding ortho intramolecular Hbond substituents is 1. The summed E-state index contributed by atoms with van der Waals surface area (Å²) in [6.07, 6.45) is -0.458. The smallest absolute Gasteiger partial charge is 0.302 e. The number of carbonyl (C=O) groups is 3. The Hall–Kier alpha value is -6.07. The monoisotopic (exact) mass is 849 g/mol. The Morgan fingerprint density at radius 3 is 2.59 bits per heavy atom. The van der Waals surface area contributed by atoms with Crippen molar-refractivity contribution in [1.29, 1.82) is 0 Å². The molecule has 0 radical (unpaired) electrons. The second-order valence-electron chi connectivity index (χ2n) is 16.2. The standard InChI is InChI=1S/C44H51N9O7S/c1-25(2)40(44(57)53-23-32(59-28(5)54)18-36(53)43(56)47-26(3)29-10-12-30(13-11-29)41-27(4)46-24-61-41)38-20-39(50-60-38)58-17-16-51-14-15-52-31(22-51)21-45-42-35(52)19-34(48-49-42)33-8-6-7-9-37(33)55/h6-13,19-20,24-26,31-32,36,40,55H,14-18,21-23H2,1-5H3,(H,45,49)(H,47,56)/t26-,31+,32+,36-,40+/m0/s1. The van der Waals surface area contributed by atoms with E-state index < -0.39 is 24.0 Å². The topological polar surface area (TPSA) is 188 Å². The van der Waals surface area contributed by atoms with E-state index in [0.717, 1.165) is 52.8 Å². The van der Waals surface area contributed by atoms with Crippen LogP contribution in [0.5, 0.6) is 11.6 Å². The summed E-state index contributed by atoms with van der Waals surface area (Å²) in [6, 6.07) is 17.7. The lowest BCUT2D eigenvalue weighted by Crippen LogP contribution is -2.58. The number of amides is 2. The number of hydrogen-bond acceptors (Lipinski definition) is 15. The maximum atomic E-state index is 14.4. The molecule has 5 atom stereocenters. The number of thiazole rings is 1. The molecule has 2 amide bonds. The van der Waals surface area contributed by atoms with Gasteiger partial charge in [-0.1, -0.05) is 50.2 Å². The minimum absolute atomic E-state index is 0.0784. The summed E-state index contributed by atoms with van der Waals surface area (Å²) < 4.78 is 17.4. The number of nitrogens with zero attached hydrogens (tertiary/aromatic N) is 7. The number of phenols is 1. The lowest BCUT2D eigenvalue weighted by atomic mass is 9.91. The molecule has 0 unspecified atom stereocenters. The average molecular weight is 850 g/mol. The van der Waals surface area contributed by atoms with Gasteiger partial charge in [-0.3, -0.25) is 19.3 Å². The summed E-state index contributed by atoms with van der Waals surface area (Å²) in [4.78, 5) is 52.0. The molecule has 17 heteroatoms. The van der Waals surface area contributed by atoms with Crippen molar-refractivity contribution in [2.75, 3.05) is 56.1 Å². The molecular weight excluding hydrogens is 799 g/mol. The number of piperazine rings is 1. The minimum atomic E-state index is -0.862. The third-order valence-corrected chi connectivity index (χ3v) is 12.7. The van der Waals surface area contributed by atoms with Gasteiger partial charge in [0.05, 0.1) is 46.1 Å². The predicted molar refractivity (Wildman–Crippen MR) is 229 cm³/mol. The first-order chi connectivity index (χ1) is 29.4. The summed E-state index contributed by atoms with van der Waals surface area (Å²) >= 11 is 1.58. The summed E-state index contributed by atoms with van der Waals surface area (Å²) in [5, 5.41) is 29.8. The van der Waals surface area contributed by atoms with Crippen LogP contribution in [0.15, 0.2) is 70.7 Å². The Bertz CT molecular complexity index is 2370. The number of aromatic hydroxyl groups is 1. The molecule has 5 aromatic rings. The Balaban J connectivity index is 0.881. The lowest BCUT2D eigenvalue weighted by Gasteiger charge is -2.45. The number of rotatable bonds is 13. The highest BCUT2D eigenvalue weighted by Gasteiger charge is 2.45. The van der Waals surface area contributed by atoms with Crippen LogP contribution in [0.25, 0.3) is 21.7 Å². The number of aryl methyl sites for hydroxylation is 1. The Morgan fingerprint density at radius 1 is 1.05 bits per heavy atom. The molecule has 0 bridgehead atoms. The number of aromatic nitrogens is 4. The second-order valence-corrected chi connectivity index (χ2v) is 17.1. The quantitative estimate of drug-likeness (QED) is 0.128. The van der Waals surface area contributed by atoms with E-state index in [-0.39, 0.29) is 54.4 Å². The normalized spacial score (nSPS) is 19.7. The first-order valence-corrected chi connectivity index (χ1v) is 21.6. The number of esters is 1. The Labute approximate surface area is 358 Å². The van der Waals surface area contributed by atoms with Crippen molar-refractivity contribution >= 4 is 40.6 Å². The van der Waals surface area contributed by atoms with Crippen molar-refractivity contribution in [3.8, 4) is 33.3 Å². The van der Waals surface area contributed by atoms with E-state index >= 15 is 0 Å². The van der Waals surface area contributed by atoms with Crippen LogP contribution >= 0.6 is 11.3 Å². The summed E-state index contributed by atoms with van der Waals surface area (Å²) in [5.41, 5.74) is 6.98. The van der Waals surface area contributed by atoms with Crippen LogP contribution < -0.4 is 20.3 Å². The number of benzene rings is 2. The number of hydrogen-bond donors (Lipinski definition) is 3. The molecule has 2 saturated heterocycles. The van der Waals surface area contributed by atoms with Gasteiger partial charge in [0.25, 0.3) is 5.88 Å². The molecule has 3 aliphatic rings. The van der Waals surface area contributed by atoms with Gasteiger partial charge < -0.3 is 39.5 Å². The van der Waals surface area contributed by atoms with E-state index in [4.69, 9.17) is 14.0 Å². The average Bonchev–Trinajstić information content (AvgIpc) is 4.01. The summed E-state index contributed by atoms with van der Waals surface area (Å²) in [6.45, 7) is 13.2. The summed E-state index contributed by atoms with van der Waals surface area (Å²) in [7, 11) is 0. The third kappa shape index (κ3) is 9.03. The van der Waals surface area contributed by atoms with Crippen LogP contribution in [0.2, 0.25) is 0 Å². The molecular formula is C44H51N9O7S. The molecule has 8 rings (SSSR count). The van der Waals surface area contributed by atoms with Gasteiger partial charge in [-0.25, -0.2) is 4.98 Å². The van der Waals surface area contributed by atoms with Crippen molar-refractivity contribution in [2.45, 2.75) is 71.2 Å². The van der Waals surface area contributed by atoms with E-state index in [9.17, 15) is 19.5 Å². The van der Waals surface area contributed by atoms with Gasteiger partial charge in [-0.15, -0.1) is 21.5 Å². The zero-order valence-corrected chi connectivity index (χ0v) is 35.7. The molecule has 16 nitrogen and oxygen atoms in total. The summed E-state index contributed by atoms with van der Waals surface area (Å²) in [5.74, 6) is -0.597. The van der Waals surface area contributed by atoms with Gasteiger partial charge in [0.1, 0.15) is 30.4 Å². The Morgan fingerprint density at radius 2 is 1.85 bits per heavy atom. The molecule has 2 fully saturated rings. The van der Waals surface area contributed by atoms with Crippen LogP contribution in [-0.4, -0.2) is 117 Å². The fourth-order valence-corrected chi connectivity index (χ4v) is 9.37. The van der Waals surface area contributed by atoms with Crippen LogP contribution in [-0.2, 0) is 19.1 Å². The predicted octanol–water partition coefficient (Wildman–Crippen LogP) is 5.41. The second kappa shape index (κ2) is 17.9. The van der Waals surface area contributed by atoms with E-state index in [2.05, 4.69) is 40.8 Å². The van der Waals surface area contributed by atoms with Crippen LogP contribution in [0.3, 0.4) is 0 Å². The van der Waals surface area contributed by atoms with Gasteiger partial charge in [0.15, 0.2) is 11.6 Å². The highest BCUT2D eigenvalue weighted by molar-refractivity contribution is 7.13.